The van der Waals surface area contributed by atoms with Gasteiger partial charge in [-0.25, -0.2) is 4.98 Å². The number of aryl methyl sites for hydroxylation is 1. The fraction of sp³-hybridized carbons (Fsp3) is 0.500. The minimum Gasteiger partial charge on any atom is -0.354 e. The molecular formula is C10H15N3O2S. The normalized spacial score (nSPS) is 12.0. The molecule has 5 nitrogen and oxygen atoms in total. The van der Waals surface area contributed by atoms with Gasteiger partial charge in [0.2, 0.25) is 5.91 Å². The first kappa shape index (κ1) is 12.6. The van der Waals surface area contributed by atoms with Crippen molar-refractivity contribution in [2.24, 2.45) is 0 Å². The van der Waals surface area contributed by atoms with Crippen molar-refractivity contribution in [1.82, 2.24) is 15.6 Å². The van der Waals surface area contributed by atoms with Gasteiger partial charge in [-0.2, -0.15) is 0 Å². The topological polar surface area (TPSA) is 71.1 Å². The van der Waals surface area contributed by atoms with Gasteiger partial charge in [-0.05, 0) is 13.8 Å². The van der Waals surface area contributed by atoms with Crippen LogP contribution in [0.25, 0.3) is 0 Å². The third-order valence-corrected chi connectivity index (χ3v) is 3.01. The zero-order valence-electron chi connectivity index (χ0n) is 9.75. The molecule has 0 aliphatic carbocycles. The van der Waals surface area contributed by atoms with Crippen LogP contribution in [0.15, 0.2) is 0 Å². The summed E-state index contributed by atoms with van der Waals surface area (Å²) in [6.07, 6.45) is 0. The molecule has 88 valence electrons. The van der Waals surface area contributed by atoms with E-state index in [1.165, 1.54) is 18.3 Å². The van der Waals surface area contributed by atoms with Gasteiger partial charge in [0.25, 0.3) is 5.91 Å². The van der Waals surface area contributed by atoms with E-state index >= 15 is 0 Å². The van der Waals surface area contributed by atoms with Crippen molar-refractivity contribution in [2.75, 3.05) is 7.05 Å². The number of carbonyl (C=O) groups excluding carboxylic acids is 2. The van der Waals surface area contributed by atoms with Gasteiger partial charge in [-0.1, -0.05) is 0 Å². The van der Waals surface area contributed by atoms with E-state index in [0.29, 0.717) is 10.6 Å². The average Bonchev–Trinajstić information content (AvgIpc) is 2.58. The molecule has 0 fully saturated rings. The lowest BCUT2D eigenvalue weighted by atomic mass is 10.2. The van der Waals surface area contributed by atoms with Crippen molar-refractivity contribution in [1.29, 1.82) is 0 Å². The van der Waals surface area contributed by atoms with E-state index in [1.807, 2.05) is 13.8 Å². The lowest BCUT2D eigenvalue weighted by molar-refractivity contribution is -0.119. The predicted octanol–water partition coefficient (Wildman–Crippen LogP) is 1.01. The van der Waals surface area contributed by atoms with Crippen LogP contribution in [0.3, 0.4) is 0 Å². The number of hydrogen-bond donors (Lipinski definition) is 2. The van der Waals surface area contributed by atoms with E-state index < -0.39 is 0 Å². The van der Waals surface area contributed by atoms with Gasteiger partial charge in [0.1, 0.15) is 4.88 Å². The molecule has 1 aromatic rings. The van der Waals surface area contributed by atoms with Crippen LogP contribution in [-0.4, -0.2) is 23.8 Å². The lowest BCUT2D eigenvalue weighted by Crippen LogP contribution is -2.26. The highest BCUT2D eigenvalue weighted by atomic mass is 32.1. The number of nitrogens with one attached hydrogen (secondary N) is 2. The molecule has 16 heavy (non-hydrogen) atoms. The summed E-state index contributed by atoms with van der Waals surface area (Å²) in [6.45, 7) is 5.08. The molecule has 0 unspecified atom stereocenters. The second-order valence-corrected chi connectivity index (χ2v) is 4.65. The molecular weight excluding hydrogens is 226 g/mol. The number of carbonyl (C=O) groups is 2. The number of rotatable bonds is 3. The molecule has 0 spiro atoms. The lowest BCUT2D eigenvalue weighted by Gasteiger charge is -2.11. The zero-order chi connectivity index (χ0) is 12.3. The molecule has 0 aliphatic rings. The summed E-state index contributed by atoms with van der Waals surface area (Å²) in [4.78, 5) is 27.4. The first-order chi connectivity index (χ1) is 7.45. The van der Waals surface area contributed by atoms with Crippen molar-refractivity contribution in [3.8, 4) is 0 Å². The Balaban J connectivity index is 3.02. The highest BCUT2D eigenvalue weighted by molar-refractivity contribution is 7.13. The molecule has 0 aliphatic heterocycles. The first-order valence-corrected chi connectivity index (χ1v) is 5.73. The predicted molar refractivity (Wildman–Crippen MR) is 62.5 cm³/mol. The summed E-state index contributed by atoms with van der Waals surface area (Å²) in [7, 11) is 1.57. The van der Waals surface area contributed by atoms with Crippen molar-refractivity contribution in [3.63, 3.8) is 0 Å². The Morgan fingerprint density at radius 2 is 2.06 bits per heavy atom. The van der Waals surface area contributed by atoms with E-state index in [1.54, 1.807) is 7.05 Å². The molecule has 1 heterocycles. The van der Waals surface area contributed by atoms with Crippen molar-refractivity contribution < 1.29 is 9.59 Å². The second kappa shape index (κ2) is 5.07. The zero-order valence-corrected chi connectivity index (χ0v) is 10.6. The molecule has 0 radical (unpaired) electrons. The standard InChI is InChI=1S/C10H15N3O2S/c1-5(12-6(2)14)8-9(10(15)11-4)16-7(3)13-8/h5H,1-4H3,(H,11,15)(H,12,14)/t5-/m0/s1. The van der Waals surface area contributed by atoms with Crippen LogP contribution in [0, 0.1) is 6.92 Å². The maximum absolute atomic E-state index is 11.6. The molecule has 0 saturated carbocycles. The van der Waals surface area contributed by atoms with Gasteiger partial charge < -0.3 is 10.6 Å². The van der Waals surface area contributed by atoms with E-state index in [2.05, 4.69) is 15.6 Å². The van der Waals surface area contributed by atoms with Crippen LogP contribution in [0.1, 0.15) is 40.3 Å². The molecule has 0 saturated heterocycles. The largest absolute Gasteiger partial charge is 0.354 e. The molecule has 1 aromatic heterocycles. The molecule has 6 heteroatoms. The Morgan fingerprint density at radius 1 is 1.44 bits per heavy atom. The summed E-state index contributed by atoms with van der Waals surface area (Å²) < 4.78 is 0. The van der Waals surface area contributed by atoms with Gasteiger partial charge in [0.05, 0.1) is 16.7 Å². The van der Waals surface area contributed by atoms with Crippen molar-refractivity contribution >= 4 is 23.2 Å². The fourth-order valence-electron chi connectivity index (χ4n) is 1.39. The number of thiazole rings is 1. The molecule has 0 aromatic carbocycles. The Labute approximate surface area is 98.3 Å². The van der Waals surface area contributed by atoms with Crippen LogP contribution in [0.5, 0.6) is 0 Å². The van der Waals surface area contributed by atoms with E-state index in [4.69, 9.17) is 0 Å². The Morgan fingerprint density at radius 3 is 2.56 bits per heavy atom. The highest BCUT2D eigenvalue weighted by Crippen LogP contribution is 2.23. The first-order valence-electron chi connectivity index (χ1n) is 4.92. The van der Waals surface area contributed by atoms with Gasteiger partial charge in [0, 0.05) is 14.0 Å². The number of amides is 2. The maximum atomic E-state index is 11.6. The maximum Gasteiger partial charge on any atom is 0.263 e. The summed E-state index contributed by atoms with van der Waals surface area (Å²) in [5.74, 6) is -0.307. The summed E-state index contributed by atoms with van der Waals surface area (Å²) in [5, 5.41) is 6.09. The minimum atomic E-state index is -0.255. The average molecular weight is 241 g/mol. The molecule has 0 bridgehead atoms. The van der Waals surface area contributed by atoms with Gasteiger partial charge >= 0.3 is 0 Å². The van der Waals surface area contributed by atoms with Crippen LogP contribution in [0.4, 0.5) is 0 Å². The van der Waals surface area contributed by atoms with Crippen LogP contribution in [0.2, 0.25) is 0 Å². The Kier molecular flexibility index (Phi) is 4.00. The van der Waals surface area contributed by atoms with Crippen molar-refractivity contribution in [2.45, 2.75) is 26.8 Å². The molecule has 1 rings (SSSR count). The Hall–Kier alpha value is -1.43. The molecule has 2 amide bonds. The summed E-state index contributed by atoms with van der Waals surface area (Å²) in [5.41, 5.74) is 0.622. The third kappa shape index (κ3) is 2.79. The number of nitrogens with zero attached hydrogens (tertiary/aromatic N) is 1. The van der Waals surface area contributed by atoms with Crippen molar-refractivity contribution in [3.05, 3.63) is 15.6 Å². The van der Waals surface area contributed by atoms with E-state index in [-0.39, 0.29) is 17.9 Å². The number of aromatic nitrogens is 1. The smallest absolute Gasteiger partial charge is 0.263 e. The number of hydrogen-bond acceptors (Lipinski definition) is 4. The van der Waals surface area contributed by atoms with Gasteiger partial charge in [0.15, 0.2) is 0 Å². The summed E-state index contributed by atoms with van der Waals surface area (Å²) in [6, 6.07) is -0.255. The third-order valence-electron chi connectivity index (χ3n) is 2.02. The second-order valence-electron chi connectivity index (χ2n) is 3.45. The van der Waals surface area contributed by atoms with E-state index in [0.717, 1.165) is 5.01 Å². The van der Waals surface area contributed by atoms with E-state index in [9.17, 15) is 9.59 Å². The summed E-state index contributed by atoms with van der Waals surface area (Å²) >= 11 is 1.33. The van der Waals surface area contributed by atoms with Crippen LogP contribution in [-0.2, 0) is 4.79 Å². The quantitative estimate of drug-likeness (QED) is 0.829. The highest BCUT2D eigenvalue weighted by Gasteiger charge is 2.20. The van der Waals surface area contributed by atoms with Gasteiger partial charge in [-0.3, -0.25) is 9.59 Å². The van der Waals surface area contributed by atoms with Crippen LogP contribution >= 0.6 is 11.3 Å². The fourth-order valence-corrected chi connectivity index (χ4v) is 2.35. The minimum absolute atomic E-state index is 0.138. The SMILES string of the molecule is CNC(=O)c1sc(C)nc1[C@H](C)NC(C)=O. The van der Waals surface area contributed by atoms with Gasteiger partial charge in [-0.15, -0.1) is 11.3 Å². The molecule has 1 atom stereocenters. The van der Waals surface area contributed by atoms with Crippen LogP contribution < -0.4 is 10.6 Å². The molecule has 2 N–H and O–H groups in total. The monoisotopic (exact) mass is 241 g/mol. The Bertz CT molecular complexity index is 414.